The molecule has 2 amide bonds. The zero-order valence-electron chi connectivity index (χ0n) is 17.9. The molecular weight excluding hydrogens is 439 g/mol. The standard InChI is InChI=1S/C21H23N3O2.C2HF3O2/c1-15-4-6-16(7-5-15)11-19(25)24-10-8-21(14-24)12-18(21)20(26)23-17-3-2-9-22-13-17;3-2(4,5)1(6)7/h2-7,9,13,18H,8,10-12,14H2,1H3,(H,23,26);(H,6,7). The summed E-state index contributed by atoms with van der Waals surface area (Å²) in [4.78, 5) is 39.9. The fourth-order valence-corrected chi connectivity index (χ4v) is 3.94. The average molecular weight is 463 g/mol. The first-order valence-corrected chi connectivity index (χ1v) is 10.3. The number of rotatable bonds is 4. The van der Waals surface area contributed by atoms with Gasteiger partial charge < -0.3 is 15.3 Å². The molecule has 1 aromatic carbocycles. The fourth-order valence-electron chi connectivity index (χ4n) is 3.94. The van der Waals surface area contributed by atoms with Crippen molar-refractivity contribution in [2.75, 3.05) is 18.4 Å². The topological polar surface area (TPSA) is 99.6 Å². The largest absolute Gasteiger partial charge is 0.490 e. The van der Waals surface area contributed by atoms with Crippen LogP contribution in [-0.4, -0.2) is 52.0 Å². The molecule has 1 saturated heterocycles. The van der Waals surface area contributed by atoms with Crippen molar-refractivity contribution in [2.24, 2.45) is 11.3 Å². The Bertz CT molecular complexity index is 1010. The Morgan fingerprint density at radius 3 is 2.45 bits per heavy atom. The van der Waals surface area contributed by atoms with Crippen molar-refractivity contribution in [3.8, 4) is 0 Å². The van der Waals surface area contributed by atoms with Crippen LogP contribution < -0.4 is 5.32 Å². The number of amides is 2. The Kier molecular flexibility index (Phi) is 7.04. The summed E-state index contributed by atoms with van der Waals surface area (Å²) in [6.45, 7) is 3.49. The molecule has 2 fully saturated rings. The lowest BCUT2D eigenvalue weighted by atomic mass is 10.0. The number of halogens is 3. The van der Waals surface area contributed by atoms with Crippen molar-refractivity contribution in [3.05, 3.63) is 59.9 Å². The number of aryl methyl sites for hydroxylation is 1. The minimum Gasteiger partial charge on any atom is -0.475 e. The molecule has 2 atom stereocenters. The Morgan fingerprint density at radius 1 is 1.21 bits per heavy atom. The number of nitrogens with zero attached hydrogens (tertiary/aromatic N) is 2. The van der Waals surface area contributed by atoms with Gasteiger partial charge in [-0.25, -0.2) is 4.79 Å². The summed E-state index contributed by atoms with van der Waals surface area (Å²) in [5, 5.41) is 10.1. The van der Waals surface area contributed by atoms with Crippen molar-refractivity contribution in [3.63, 3.8) is 0 Å². The molecule has 10 heteroatoms. The van der Waals surface area contributed by atoms with E-state index in [1.54, 1.807) is 18.5 Å². The molecule has 1 saturated carbocycles. The lowest BCUT2D eigenvalue weighted by molar-refractivity contribution is -0.192. The van der Waals surface area contributed by atoms with E-state index in [1.807, 2.05) is 42.2 Å². The molecule has 7 nitrogen and oxygen atoms in total. The molecule has 1 spiro atoms. The van der Waals surface area contributed by atoms with E-state index in [1.165, 1.54) is 5.56 Å². The molecule has 0 bridgehead atoms. The number of pyridine rings is 1. The molecule has 1 aliphatic carbocycles. The zero-order valence-corrected chi connectivity index (χ0v) is 17.9. The number of nitrogens with one attached hydrogen (secondary N) is 1. The summed E-state index contributed by atoms with van der Waals surface area (Å²) >= 11 is 0. The quantitative estimate of drug-likeness (QED) is 0.724. The van der Waals surface area contributed by atoms with Crippen LogP contribution in [0.3, 0.4) is 0 Å². The summed E-state index contributed by atoms with van der Waals surface area (Å²) < 4.78 is 31.7. The van der Waals surface area contributed by atoms with Gasteiger partial charge in [0.15, 0.2) is 0 Å². The molecule has 4 rings (SSSR count). The van der Waals surface area contributed by atoms with Crippen molar-refractivity contribution in [1.82, 2.24) is 9.88 Å². The van der Waals surface area contributed by atoms with E-state index < -0.39 is 12.1 Å². The Hall–Kier alpha value is -3.43. The van der Waals surface area contributed by atoms with Crippen LogP contribution in [0.5, 0.6) is 0 Å². The highest BCUT2D eigenvalue weighted by atomic mass is 19.4. The number of carboxylic acid groups (broad SMARTS) is 1. The molecule has 0 radical (unpaired) electrons. The van der Waals surface area contributed by atoms with E-state index in [9.17, 15) is 22.8 Å². The van der Waals surface area contributed by atoms with Gasteiger partial charge in [-0.2, -0.15) is 13.2 Å². The highest BCUT2D eigenvalue weighted by Crippen LogP contribution is 2.58. The number of aliphatic carboxylic acids is 1. The van der Waals surface area contributed by atoms with Gasteiger partial charge in [0.2, 0.25) is 11.8 Å². The number of carbonyl (C=O) groups excluding carboxylic acids is 2. The Morgan fingerprint density at radius 2 is 1.88 bits per heavy atom. The summed E-state index contributed by atoms with van der Waals surface area (Å²) in [5.74, 6) is -2.55. The third-order valence-corrected chi connectivity index (χ3v) is 5.89. The molecule has 2 unspecified atom stereocenters. The van der Waals surface area contributed by atoms with Crippen LogP contribution in [0.2, 0.25) is 0 Å². The van der Waals surface area contributed by atoms with Crippen LogP contribution in [0.1, 0.15) is 24.0 Å². The second-order valence-electron chi connectivity index (χ2n) is 8.38. The summed E-state index contributed by atoms with van der Waals surface area (Å²) in [5.41, 5.74) is 2.95. The first-order valence-electron chi connectivity index (χ1n) is 10.3. The van der Waals surface area contributed by atoms with Crippen LogP contribution in [0, 0.1) is 18.3 Å². The SMILES string of the molecule is Cc1ccc(CC(=O)N2CCC3(CC3C(=O)Nc3cccnc3)C2)cc1.O=C(O)C(F)(F)F. The monoisotopic (exact) mass is 463 g/mol. The van der Waals surface area contributed by atoms with Crippen molar-refractivity contribution in [1.29, 1.82) is 0 Å². The van der Waals surface area contributed by atoms with Gasteiger partial charge in [0.25, 0.3) is 0 Å². The van der Waals surface area contributed by atoms with E-state index in [0.717, 1.165) is 30.6 Å². The van der Waals surface area contributed by atoms with Gasteiger partial charge in [-0.05, 0) is 37.5 Å². The van der Waals surface area contributed by atoms with Gasteiger partial charge >= 0.3 is 12.1 Å². The second kappa shape index (κ2) is 9.60. The summed E-state index contributed by atoms with van der Waals surface area (Å²) in [6.07, 6.45) is 0.468. The molecule has 2 aromatic rings. The lowest BCUT2D eigenvalue weighted by Gasteiger charge is -2.17. The van der Waals surface area contributed by atoms with E-state index >= 15 is 0 Å². The van der Waals surface area contributed by atoms with E-state index in [2.05, 4.69) is 10.3 Å². The number of likely N-dealkylation sites (tertiary alicyclic amines) is 1. The highest BCUT2D eigenvalue weighted by molar-refractivity contribution is 5.95. The van der Waals surface area contributed by atoms with E-state index in [0.29, 0.717) is 13.0 Å². The number of anilines is 1. The molecule has 1 aromatic heterocycles. The summed E-state index contributed by atoms with van der Waals surface area (Å²) in [6, 6.07) is 11.7. The molecule has 33 heavy (non-hydrogen) atoms. The maximum Gasteiger partial charge on any atom is 0.490 e. The van der Waals surface area contributed by atoms with Crippen LogP contribution in [0.15, 0.2) is 48.8 Å². The molecule has 176 valence electrons. The van der Waals surface area contributed by atoms with E-state index in [4.69, 9.17) is 9.90 Å². The predicted octanol–water partition coefficient (Wildman–Crippen LogP) is 3.44. The summed E-state index contributed by atoms with van der Waals surface area (Å²) in [7, 11) is 0. The lowest BCUT2D eigenvalue weighted by Crippen LogP contribution is -2.31. The first-order chi connectivity index (χ1) is 15.5. The first kappa shape index (κ1) is 24.2. The number of alkyl halides is 3. The maximum absolute atomic E-state index is 12.6. The van der Waals surface area contributed by atoms with Crippen LogP contribution in [-0.2, 0) is 20.8 Å². The normalized spacial score (nSPS) is 21.2. The Labute approximate surface area is 188 Å². The third-order valence-electron chi connectivity index (χ3n) is 5.89. The van der Waals surface area contributed by atoms with Crippen LogP contribution in [0.4, 0.5) is 18.9 Å². The van der Waals surface area contributed by atoms with E-state index in [-0.39, 0.29) is 23.1 Å². The fraction of sp³-hybridized carbons (Fsp3) is 0.391. The van der Waals surface area contributed by atoms with Crippen LogP contribution >= 0.6 is 0 Å². The van der Waals surface area contributed by atoms with Crippen molar-refractivity contribution >= 4 is 23.5 Å². The molecule has 2 N–H and O–H groups in total. The third kappa shape index (κ3) is 6.30. The van der Waals surface area contributed by atoms with Gasteiger partial charge in [-0.15, -0.1) is 0 Å². The van der Waals surface area contributed by atoms with Crippen LogP contribution in [0.25, 0.3) is 0 Å². The molecule has 1 aliphatic heterocycles. The number of hydrogen-bond acceptors (Lipinski definition) is 4. The zero-order chi connectivity index (χ0) is 24.2. The number of benzene rings is 1. The minimum atomic E-state index is -5.08. The molecule has 2 heterocycles. The maximum atomic E-state index is 12.6. The van der Waals surface area contributed by atoms with Crippen molar-refractivity contribution in [2.45, 2.75) is 32.4 Å². The number of hydrogen-bond donors (Lipinski definition) is 2. The van der Waals surface area contributed by atoms with Crippen molar-refractivity contribution < 1.29 is 32.7 Å². The number of carbonyl (C=O) groups is 3. The molecular formula is C23H24F3N3O4. The van der Waals surface area contributed by atoms with Gasteiger partial charge in [0, 0.05) is 30.6 Å². The smallest absolute Gasteiger partial charge is 0.475 e. The van der Waals surface area contributed by atoms with Gasteiger partial charge in [-0.1, -0.05) is 29.8 Å². The van der Waals surface area contributed by atoms with Gasteiger partial charge in [0.05, 0.1) is 18.3 Å². The van der Waals surface area contributed by atoms with Gasteiger partial charge in [-0.3, -0.25) is 14.6 Å². The molecule has 2 aliphatic rings. The number of carboxylic acids is 1. The second-order valence-corrected chi connectivity index (χ2v) is 8.38. The Balaban J connectivity index is 0.000000383. The minimum absolute atomic E-state index is 0.000110. The average Bonchev–Trinajstić information content (AvgIpc) is 3.29. The predicted molar refractivity (Wildman–Crippen MR) is 113 cm³/mol. The highest BCUT2D eigenvalue weighted by Gasteiger charge is 2.61. The van der Waals surface area contributed by atoms with Gasteiger partial charge in [0.1, 0.15) is 0 Å². The number of aromatic nitrogens is 1.